The van der Waals surface area contributed by atoms with Gasteiger partial charge in [-0.1, -0.05) is 42.1 Å². The van der Waals surface area contributed by atoms with Gasteiger partial charge in [0.05, 0.1) is 11.3 Å². The molecule has 2 aromatic rings. The normalized spacial score (nSPS) is 14.8. The Morgan fingerprint density at radius 2 is 1.84 bits per heavy atom. The molecule has 0 unspecified atom stereocenters. The van der Waals surface area contributed by atoms with Gasteiger partial charge in [-0.25, -0.2) is 9.97 Å². The molecule has 130 valence electrons. The van der Waals surface area contributed by atoms with Gasteiger partial charge in [0.2, 0.25) is 5.91 Å². The van der Waals surface area contributed by atoms with Crippen molar-refractivity contribution in [1.29, 1.82) is 0 Å². The molecule has 1 saturated carbocycles. The number of benzene rings is 1. The Bertz CT molecular complexity index is 804. The van der Waals surface area contributed by atoms with E-state index in [1.807, 2.05) is 30.3 Å². The number of carbonyl (C=O) groups excluding carboxylic acids is 2. The summed E-state index contributed by atoms with van der Waals surface area (Å²) in [6.07, 6.45) is 2.06. The van der Waals surface area contributed by atoms with Gasteiger partial charge in [-0.3, -0.25) is 9.59 Å². The van der Waals surface area contributed by atoms with Gasteiger partial charge in [0.1, 0.15) is 16.1 Å². The van der Waals surface area contributed by atoms with Crippen molar-refractivity contribution in [2.24, 2.45) is 0 Å². The Morgan fingerprint density at radius 1 is 1.16 bits per heavy atom. The number of rotatable bonds is 6. The molecule has 1 aliphatic carbocycles. The van der Waals surface area contributed by atoms with Crippen LogP contribution in [0.5, 0.6) is 0 Å². The van der Waals surface area contributed by atoms with Crippen molar-refractivity contribution in [3.63, 3.8) is 0 Å². The fourth-order valence-electron chi connectivity index (χ4n) is 2.69. The second-order valence-corrected chi connectivity index (χ2v) is 7.38. The zero-order valence-corrected chi connectivity index (χ0v) is 15.4. The molecular weight excluding hydrogens is 334 g/mol. The van der Waals surface area contributed by atoms with Crippen LogP contribution in [-0.2, 0) is 4.79 Å². The fraction of sp³-hybridized carbons (Fsp3) is 0.368. The Kier molecular flexibility index (Phi) is 5.18. The lowest BCUT2D eigenvalue weighted by molar-refractivity contribution is -0.120. The number of hydrogen-bond acceptors (Lipinski definition) is 5. The smallest absolute Gasteiger partial charge is 0.238 e. The highest BCUT2D eigenvalue weighted by atomic mass is 32.2. The van der Waals surface area contributed by atoms with E-state index >= 15 is 0 Å². The van der Waals surface area contributed by atoms with Crippen molar-refractivity contribution in [1.82, 2.24) is 15.3 Å². The summed E-state index contributed by atoms with van der Waals surface area (Å²) in [7, 11) is 0. The largest absolute Gasteiger partial charge is 0.352 e. The summed E-state index contributed by atoms with van der Waals surface area (Å²) in [6.45, 7) is 5.10. The van der Waals surface area contributed by atoms with Crippen LogP contribution in [0.4, 0.5) is 0 Å². The summed E-state index contributed by atoms with van der Waals surface area (Å²) >= 11 is 1.32. The Balaban J connectivity index is 1.97. The summed E-state index contributed by atoms with van der Waals surface area (Å²) in [5.74, 6) is 0.468. The molecule has 1 aliphatic rings. The predicted molar refractivity (Wildman–Crippen MR) is 97.7 cm³/mol. The maximum atomic E-state index is 12.8. The van der Waals surface area contributed by atoms with Crippen LogP contribution in [0, 0.1) is 13.8 Å². The molecule has 0 bridgehead atoms. The van der Waals surface area contributed by atoms with E-state index in [1.165, 1.54) is 18.7 Å². The molecule has 6 heteroatoms. The van der Waals surface area contributed by atoms with Crippen molar-refractivity contribution in [2.45, 2.75) is 49.9 Å². The number of aromatic nitrogens is 2. The lowest BCUT2D eigenvalue weighted by Gasteiger charge is -2.18. The van der Waals surface area contributed by atoms with E-state index in [-0.39, 0.29) is 17.7 Å². The van der Waals surface area contributed by atoms with Gasteiger partial charge in [-0.2, -0.15) is 0 Å². The van der Waals surface area contributed by atoms with Crippen LogP contribution in [0.1, 0.15) is 52.5 Å². The Morgan fingerprint density at radius 3 is 2.44 bits per heavy atom. The molecule has 1 fully saturated rings. The molecule has 0 saturated heterocycles. The molecule has 0 spiro atoms. The number of thioether (sulfide) groups is 1. The standard InChI is InChI=1S/C19H21N3O2S/c1-11-16(12(2)23)19(21-13(3)20-11)25-17(14-7-5-4-6-8-14)18(24)22-15-9-10-15/h4-8,15,17H,9-10H2,1-3H3,(H,22,24)/t17-/m1/s1. The van der Waals surface area contributed by atoms with Crippen LogP contribution < -0.4 is 5.32 Å². The van der Waals surface area contributed by atoms with E-state index in [0.717, 1.165) is 18.4 Å². The van der Waals surface area contributed by atoms with Crippen molar-refractivity contribution in [3.05, 3.63) is 53.0 Å². The molecule has 1 aromatic heterocycles. The topological polar surface area (TPSA) is 72.0 Å². The summed E-state index contributed by atoms with van der Waals surface area (Å²) < 4.78 is 0. The molecule has 5 nitrogen and oxygen atoms in total. The van der Waals surface area contributed by atoms with Crippen LogP contribution >= 0.6 is 11.8 Å². The molecule has 3 rings (SSSR count). The molecule has 0 aliphatic heterocycles. The molecule has 1 N–H and O–H groups in total. The molecule has 0 radical (unpaired) electrons. The van der Waals surface area contributed by atoms with Crippen LogP contribution in [0.15, 0.2) is 35.4 Å². The monoisotopic (exact) mass is 355 g/mol. The molecule has 1 heterocycles. The van der Waals surface area contributed by atoms with Gasteiger partial charge in [-0.05, 0) is 39.2 Å². The maximum Gasteiger partial charge on any atom is 0.238 e. The van der Waals surface area contributed by atoms with Crippen LogP contribution in [0.3, 0.4) is 0 Å². The van der Waals surface area contributed by atoms with E-state index in [0.29, 0.717) is 22.1 Å². The van der Waals surface area contributed by atoms with E-state index in [2.05, 4.69) is 15.3 Å². The average molecular weight is 355 g/mol. The van der Waals surface area contributed by atoms with E-state index in [1.54, 1.807) is 13.8 Å². The highest BCUT2D eigenvalue weighted by molar-refractivity contribution is 8.00. The lowest BCUT2D eigenvalue weighted by Crippen LogP contribution is -2.30. The summed E-state index contributed by atoms with van der Waals surface area (Å²) in [6, 6.07) is 9.88. The van der Waals surface area contributed by atoms with Gasteiger partial charge in [0.15, 0.2) is 5.78 Å². The van der Waals surface area contributed by atoms with Crippen molar-refractivity contribution in [2.75, 3.05) is 0 Å². The van der Waals surface area contributed by atoms with Gasteiger partial charge in [0.25, 0.3) is 0 Å². The third-order valence-corrected chi connectivity index (χ3v) is 5.25. The third kappa shape index (κ3) is 4.25. The number of aryl methyl sites for hydroxylation is 2. The molecule has 1 amide bonds. The van der Waals surface area contributed by atoms with Crippen LogP contribution in [0.25, 0.3) is 0 Å². The number of nitrogens with one attached hydrogen (secondary N) is 1. The van der Waals surface area contributed by atoms with Crippen LogP contribution in [-0.4, -0.2) is 27.7 Å². The van der Waals surface area contributed by atoms with Crippen molar-refractivity contribution in [3.8, 4) is 0 Å². The first-order chi connectivity index (χ1) is 12.0. The van der Waals surface area contributed by atoms with Gasteiger partial charge < -0.3 is 5.32 Å². The average Bonchev–Trinajstić information content (AvgIpc) is 3.36. The third-order valence-electron chi connectivity index (χ3n) is 4.01. The number of hydrogen-bond donors (Lipinski definition) is 1. The first-order valence-electron chi connectivity index (χ1n) is 8.34. The Hall–Kier alpha value is -2.21. The minimum absolute atomic E-state index is 0.0397. The van der Waals surface area contributed by atoms with Gasteiger partial charge >= 0.3 is 0 Å². The van der Waals surface area contributed by atoms with Gasteiger partial charge in [0, 0.05) is 6.04 Å². The fourth-order valence-corrected chi connectivity index (χ4v) is 3.97. The zero-order chi connectivity index (χ0) is 18.0. The predicted octanol–water partition coefficient (Wildman–Crippen LogP) is 3.41. The van der Waals surface area contributed by atoms with E-state index < -0.39 is 5.25 Å². The first kappa shape index (κ1) is 17.6. The van der Waals surface area contributed by atoms with Gasteiger partial charge in [-0.15, -0.1) is 0 Å². The maximum absolute atomic E-state index is 12.8. The quantitative estimate of drug-likeness (QED) is 0.488. The minimum Gasteiger partial charge on any atom is -0.352 e. The lowest BCUT2D eigenvalue weighted by atomic mass is 10.1. The number of nitrogens with zero attached hydrogens (tertiary/aromatic N) is 2. The summed E-state index contributed by atoms with van der Waals surface area (Å²) in [5, 5.41) is 3.18. The highest BCUT2D eigenvalue weighted by Crippen LogP contribution is 2.37. The second-order valence-electron chi connectivity index (χ2n) is 6.28. The van der Waals surface area contributed by atoms with E-state index in [9.17, 15) is 9.59 Å². The zero-order valence-electron chi connectivity index (χ0n) is 14.6. The number of carbonyl (C=O) groups is 2. The van der Waals surface area contributed by atoms with Crippen LogP contribution in [0.2, 0.25) is 0 Å². The number of ketones is 1. The Labute approximate surface area is 151 Å². The highest BCUT2D eigenvalue weighted by Gasteiger charge is 2.30. The molecule has 25 heavy (non-hydrogen) atoms. The van der Waals surface area contributed by atoms with Crippen molar-refractivity contribution < 1.29 is 9.59 Å². The molecular formula is C19H21N3O2S. The minimum atomic E-state index is -0.450. The summed E-state index contributed by atoms with van der Waals surface area (Å²) in [5.41, 5.74) is 2.04. The number of Topliss-reactive ketones (excluding diaryl/α,β-unsaturated/α-hetero) is 1. The first-order valence-corrected chi connectivity index (χ1v) is 9.22. The summed E-state index contributed by atoms with van der Waals surface area (Å²) in [4.78, 5) is 33.6. The number of amides is 1. The van der Waals surface area contributed by atoms with E-state index in [4.69, 9.17) is 0 Å². The molecule has 1 atom stereocenters. The SMILES string of the molecule is CC(=O)c1c(C)nc(C)nc1S[C@@H](C(=O)NC1CC1)c1ccccc1. The second kappa shape index (κ2) is 7.35. The molecule has 1 aromatic carbocycles. The van der Waals surface area contributed by atoms with Crippen molar-refractivity contribution >= 4 is 23.5 Å².